The van der Waals surface area contributed by atoms with Crippen LogP contribution in [0, 0.1) is 0 Å². The van der Waals surface area contributed by atoms with E-state index in [1.807, 2.05) is 0 Å². The van der Waals surface area contributed by atoms with Crippen molar-refractivity contribution >= 4 is 46.6 Å². The molecule has 3 rings (SSSR count). The van der Waals surface area contributed by atoms with Crippen LogP contribution in [-0.4, -0.2) is 35.4 Å². The SMILES string of the molecule is C[C@H](C(=O)NC1CCCCC1)N(Cc1c(Cl)cccc1Cl)C(=O)COc1cccc(Cl)c1. The maximum Gasteiger partial charge on any atom is 0.261 e. The number of rotatable bonds is 8. The van der Waals surface area contributed by atoms with E-state index in [9.17, 15) is 9.59 Å². The van der Waals surface area contributed by atoms with Crippen LogP contribution in [0.25, 0.3) is 0 Å². The molecule has 2 aromatic rings. The van der Waals surface area contributed by atoms with Crippen LogP contribution < -0.4 is 10.1 Å². The third-order valence-corrected chi connectivity index (χ3v) is 6.61. The van der Waals surface area contributed by atoms with Gasteiger partial charge in [0.2, 0.25) is 5.91 Å². The van der Waals surface area contributed by atoms with Gasteiger partial charge in [0.25, 0.3) is 5.91 Å². The van der Waals surface area contributed by atoms with Crippen LogP contribution in [0.5, 0.6) is 5.75 Å². The number of hydrogen-bond acceptors (Lipinski definition) is 3. The van der Waals surface area contributed by atoms with Crippen LogP contribution >= 0.6 is 34.8 Å². The van der Waals surface area contributed by atoms with Gasteiger partial charge in [-0.2, -0.15) is 0 Å². The van der Waals surface area contributed by atoms with Gasteiger partial charge in [0.05, 0.1) is 0 Å². The molecule has 0 spiro atoms. The van der Waals surface area contributed by atoms with Crippen molar-refractivity contribution in [3.05, 3.63) is 63.1 Å². The molecule has 0 bridgehead atoms. The highest BCUT2D eigenvalue weighted by Gasteiger charge is 2.29. The first kappa shape index (κ1) is 24.7. The van der Waals surface area contributed by atoms with Crippen molar-refractivity contribution in [2.45, 2.75) is 57.7 Å². The van der Waals surface area contributed by atoms with E-state index in [1.165, 1.54) is 11.3 Å². The van der Waals surface area contributed by atoms with Crippen molar-refractivity contribution in [1.82, 2.24) is 10.2 Å². The molecule has 1 saturated carbocycles. The molecule has 32 heavy (non-hydrogen) atoms. The fourth-order valence-corrected chi connectivity index (χ4v) is 4.49. The summed E-state index contributed by atoms with van der Waals surface area (Å²) in [4.78, 5) is 27.6. The summed E-state index contributed by atoms with van der Waals surface area (Å²) in [6.07, 6.45) is 5.31. The predicted molar refractivity (Wildman–Crippen MR) is 128 cm³/mol. The van der Waals surface area contributed by atoms with Gasteiger partial charge in [0.15, 0.2) is 6.61 Å². The smallest absolute Gasteiger partial charge is 0.261 e. The first-order chi connectivity index (χ1) is 15.3. The van der Waals surface area contributed by atoms with E-state index in [0.29, 0.717) is 26.4 Å². The molecule has 2 aromatic carbocycles. The molecule has 0 aromatic heterocycles. The van der Waals surface area contributed by atoms with Crippen molar-refractivity contribution in [1.29, 1.82) is 0 Å². The minimum Gasteiger partial charge on any atom is -0.484 e. The lowest BCUT2D eigenvalue weighted by atomic mass is 9.95. The van der Waals surface area contributed by atoms with Gasteiger partial charge in [-0.3, -0.25) is 9.59 Å². The van der Waals surface area contributed by atoms with Crippen molar-refractivity contribution < 1.29 is 14.3 Å². The van der Waals surface area contributed by atoms with Crippen LogP contribution in [0.15, 0.2) is 42.5 Å². The average molecular weight is 498 g/mol. The highest BCUT2D eigenvalue weighted by molar-refractivity contribution is 6.36. The summed E-state index contributed by atoms with van der Waals surface area (Å²) in [5, 5.41) is 4.47. The molecule has 1 aliphatic carbocycles. The summed E-state index contributed by atoms with van der Waals surface area (Å²) in [6.45, 7) is 1.55. The summed E-state index contributed by atoms with van der Waals surface area (Å²) in [7, 11) is 0. The molecule has 172 valence electrons. The van der Waals surface area contributed by atoms with Gasteiger partial charge in [-0.05, 0) is 50.1 Å². The highest BCUT2D eigenvalue weighted by atomic mass is 35.5. The number of hydrogen-bond donors (Lipinski definition) is 1. The summed E-state index contributed by atoms with van der Waals surface area (Å²) < 4.78 is 5.63. The van der Waals surface area contributed by atoms with Gasteiger partial charge >= 0.3 is 0 Å². The van der Waals surface area contributed by atoms with Gasteiger partial charge in [0, 0.05) is 33.2 Å². The molecule has 8 heteroatoms. The van der Waals surface area contributed by atoms with E-state index >= 15 is 0 Å². The van der Waals surface area contributed by atoms with E-state index in [-0.39, 0.29) is 31.0 Å². The van der Waals surface area contributed by atoms with Crippen molar-refractivity contribution in [2.75, 3.05) is 6.61 Å². The second-order valence-electron chi connectivity index (χ2n) is 7.99. The third kappa shape index (κ3) is 6.77. The van der Waals surface area contributed by atoms with Crippen molar-refractivity contribution in [2.24, 2.45) is 0 Å². The molecular weight excluding hydrogens is 471 g/mol. The second-order valence-corrected chi connectivity index (χ2v) is 9.24. The van der Waals surface area contributed by atoms with Gasteiger partial charge in [-0.25, -0.2) is 0 Å². The maximum absolute atomic E-state index is 13.2. The zero-order valence-electron chi connectivity index (χ0n) is 18.0. The Labute approximate surface area is 204 Å². The van der Waals surface area contributed by atoms with Crippen LogP contribution in [0.3, 0.4) is 0 Å². The van der Waals surface area contributed by atoms with E-state index in [0.717, 1.165) is 25.7 Å². The first-order valence-electron chi connectivity index (χ1n) is 10.8. The van der Waals surface area contributed by atoms with Crippen LogP contribution in [0.2, 0.25) is 15.1 Å². The molecule has 0 radical (unpaired) electrons. The number of benzene rings is 2. The summed E-state index contributed by atoms with van der Waals surface area (Å²) in [6, 6.07) is 11.4. The monoisotopic (exact) mass is 496 g/mol. The lowest BCUT2D eigenvalue weighted by Gasteiger charge is -2.31. The Morgan fingerprint density at radius 3 is 2.38 bits per heavy atom. The number of amides is 2. The maximum atomic E-state index is 13.2. The van der Waals surface area contributed by atoms with E-state index in [4.69, 9.17) is 39.5 Å². The standard InChI is InChI=1S/C24H27Cl3N2O3/c1-16(24(31)28-18-8-3-2-4-9-18)29(14-20-21(26)11-6-12-22(20)27)23(30)15-32-19-10-5-7-17(25)13-19/h5-7,10-13,16,18H,2-4,8-9,14-15H2,1H3,(H,28,31)/t16-/m1/s1. The zero-order chi connectivity index (χ0) is 23.1. The van der Waals surface area contributed by atoms with E-state index < -0.39 is 6.04 Å². The Morgan fingerprint density at radius 2 is 1.72 bits per heavy atom. The Hall–Kier alpha value is -1.95. The molecule has 0 heterocycles. The molecule has 2 amide bonds. The van der Waals surface area contributed by atoms with E-state index in [1.54, 1.807) is 49.4 Å². The molecule has 1 fully saturated rings. The third-order valence-electron chi connectivity index (χ3n) is 5.67. The highest BCUT2D eigenvalue weighted by Crippen LogP contribution is 2.27. The largest absolute Gasteiger partial charge is 0.484 e. The minimum absolute atomic E-state index is 0.0928. The van der Waals surface area contributed by atoms with Crippen LogP contribution in [0.1, 0.15) is 44.6 Å². The Bertz CT molecular complexity index is 928. The second kappa shape index (κ2) is 11.8. The van der Waals surface area contributed by atoms with Crippen molar-refractivity contribution in [3.63, 3.8) is 0 Å². The lowest BCUT2D eigenvalue weighted by molar-refractivity contribution is -0.142. The number of ether oxygens (including phenoxy) is 1. The molecule has 1 N–H and O–H groups in total. The molecule has 0 unspecified atom stereocenters. The molecule has 1 atom stereocenters. The topological polar surface area (TPSA) is 58.6 Å². The Balaban J connectivity index is 1.76. The molecule has 0 saturated heterocycles. The van der Waals surface area contributed by atoms with E-state index in [2.05, 4.69) is 5.32 Å². The lowest BCUT2D eigenvalue weighted by Crippen LogP contribution is -2.51. The van der Waals surface area contributed by atoms with Crippen LogP contribution in [0.4, 0.5) is 0 Å². The fraction of sp³-hybridized carbons (Fsp3) is 0.417. The van der Waals surface area contributed by atoms with Gasteiger partial charge in [-0.1, -0.05) is 66.2 Å². The minimum atomic E-state index is -0.722. The summed E-state index contributed by atoms with van der Waals surface area (Å²) >= 11 is 18.7. The Morgan fingerprint density at radius 1 is 1.06 bits per heavy atom. The van der Waals surface area contributed by atoms with Gasteiger partial charge in [0.1, 0.15) is 11.8 Å². The zero-order valence-corrected chi connectivity index (χ0v) is 20.2. The van der Waals surface area contributed by atoms with Gasteiger partial charge < -0.3 is 15.0 Å². The number of halogens is 3. The molecule has 0 aliphatic heterocycles. The number of nitrogens with zero attached hydrogens (tertiary/aromatic N) is 1. The quantitative estimate of drug-likeness (QED) is 0.494. The van der Waals surface area contributed by atoms with Crippen molar-refractivity contribution in [3.8, 4) is 5.75 Å². The number of carbonyl (C=O) groups excluding carboxylic acids is 2. The fourth-order valence-electron chi connectivity index (χ4n) is 3.79. The average Bonchev–Trinajstić information content (AvgIpc) is 2.77. The molecule has 1 aliphatic rings. The molecule has 5 nitrogen and oxygen atoms in total. The van der Waals surface area contributed by atoms with Gasteiger partial charge in [-0.15, -0.1) is 0 Å². The Kier molecular flexibility index (Phi) is 9.09. The molecular formula is C24H27Cl3N2O3. The predicted octanol–water partition coefficient (Wildman–Crippen LogP) is 5.89. The summed E-state index contributed by atoms with van der Waals surface area (Å²) in [5.74, 6) is -0.0793. The number of carbonyl (C=O) groups is 2. The number of nitrogens with one attached hydrogen (secondary N) is 1. The summed E-state index contributed by atoms with van der Waals surface area (Å²) in [5.41, 5.74) is 0.587. The van der Waals surface area contributed by atoms with Crippen LogP contribution in [-0.2, 0) is 16.1 Å². The normalized spacial score (nSPS) is 15.1. The first-order valence-corrected chi connectivity index (χ1v) is 11.9.